The summed E-state index contributed by atoms with van der Waals surface area (Å²) in [6.45, 7) is 7.36. The topological polar surface area (TPSA) is 109 Å². The summed E-state index contributed by atoms with van der Waals surface area (Å²) in [5.74, 6) is 1.45. The molecule has 0 aromatic heterocycles. The first-order valence-corrected chi connectivity index (χ1v) is 16.9. The number of amides is 1. The normalized spacial score (nSPS) is 15.7. The van der Waals surface area contributed by atoms with Crippen LogP contribution in [0.25, 0.3) is 0 Å². The lowest BCUT2D eigenvalue weighted by molar-refractivity contribution is -0.129. The fourth-order valence-corrected chi connectivity index (χ4v) is 6.86. The highest BCUT2D eigenvalue weighted by Crippen LogP contribution is 2.24. The maximum Gasteiger partial charge on any atom is 0.338 e. The summed E-state index contributed by atoms with van der Waals surface area (Å²) in [4.78, 5) is 38.5. The molecule has 0 aliphatic carbocycles. The number of nitrogens with one attached hydrogen (secondary N) is 3. The molecule has 2 aromatic carbocycles. The number of carbonyl (C=O) groups excluding carboxylic acids is 3. The highest BCUT2D eigenvalue weighted by molar-refractivity contribution is 7.99. The molecule has 0 atom stereocenters. The minimum absolute atomic E-state index is 0.165. The molecule has 2 aliphatic heterocycles. The van der Waals surface area contributed by atoms with Crippen LogP contribution < -0.4 is 16.0 Å². The Labute approximate surface area is 264 Å². The molecule has 43 heavy (non-hydrogen) atoms. The van der Waals surface area contributed by atoms with Gasteiger partial charge in [-0.1, -0.05) is 24.3 Å². The van der Waals surface area contributed by atoms with Gasteiger partial charge in [0.15, 0.2) is 0 Å². The third-order valence-corrected chi connectivity index (χ3v) is 9.60. The number of hydrogen-bond donors (Lipinski definition) is 3. The van der Waals surface area contributed by atoms with Gasteiger partial charge in [-0.3, -0.25) is 4.79 Å². The standard InChI is InChI=1S/C17H24N2O3S.C15H22N2O2S/c1-13(20)19-10-7-14(8-11-19)18-9-12-23-16-6-4-3-5-15(16)17(21)22-2;1-19-15(18)13-4-2-3-5-14(13)20-11-10-17-12-6-8-16-9-7-12/h3-6,14,18H,7-12H2,1-2H3;2-5,12,16-17H,6-11H2,1H3. The zero-order chi connectivity index (χ0) is 30.9. The van der Waals surface area contributed by atoms with Gasteiger partial charge in [0.1, 0.15) is 0 Å². The van der Waals surface area contributed by atoms with E-state index in [1.54, 1.807) is 36.5 Å². The highest BCUT2D eigenvalue weighted by Gasteiger charge is 2.20. The number of hydrogen-bond acceptors (Lipinski definition) is 10. The minimum Gasteiger partial charge on any atom is -0.465 e. The van der Waals surface area contributed by atoms with Gasteiger partial charge in [0, 0.05) is 66.5 Å². The van der Waals surface area contributed by atoms with Crippen molar-refractivity contribution < 1.29 is 23.9 Å². The third-order valence-electron chi connectivity index (χ3n) is 7.45. The monoisotopic (exact) mass is 630 g/mol. The van der Waals surface area contributed by atoms with E-state index in [1.165, 1.54) is 27.1 Å². The maximum atomic E-state index is 11.7. The Hall–Kier alpha value is -2.57. The fourth-order valence-electron chi connectivity index (χ4n) is 5.01. The Bertz CT molecular complexity index is 1150. The molecule has 0 bridgehead atoms. The highest BCUT2D eigenvalue weighted by atomic mass is 32.2. The Morgan fingerprint density at radius 2 is 1.21 bits per heavy atom. The van der Waals surface area contributed by atoms with Crippen LogP contribution in [0.15, 0.2) is 58.3 Å². The van der Waals surface area contributed by atoms with E-state index in [0.29, 0.717) is 23.2 Å². The van der Waals surface area contributed by atoms with Gasteiger partial charge in [0.05, 0.1) is 25.3 Å². The van der Waals surface area contributed by atoms with Crippen molar-refractivity contribution in [1.29, 1.82) is 0 Å². The van der Waals surface area contributed by atoms with Crippen molar-refractivity contribution in [3.05, 3.63) is 59.7 Å². The smallest absolute Gasteiger partial charge is 0.338 e. The third kappa shape index (κ3) is 12.1. The Morgan fingerprint density at radius 1 is 0.767 bits per heavy atom. The number of piperidine rings is 2. The number of carbonyl (C=O) groups is 3. The molecule has 1 amide bonds. The predicted molar refractivity (Wildman–Crippen MR) is 174 cm³/mol. The first-order chi connectivity index (χ1) is 20.9. The van der Waals surface area contributed by atoms with E-state index in [4.69, 9.17) is 9.47 Å². The summed E-state index contributed by atoms with van der Waals surface area (Å²) in [6, 6.07) is 16.2. The quantitative estimate of drug-likeness (QED) is 0.180. The predicted octanol–water partition coefficient (Wildman–Crippen LogP) is 4.07. The molecule has 4 rings (SSSR count). The first-order valence-electron chi connectivity index (χ1n) is 15.0. The number of esters is 2. The van der Waals surface area contributed by atoms with Gasteiger partial charge in [-0.05, 0) is 63.0 Å². The van der Waals surface area contributed by atoms with Crippen LogP contribution in [0.2, 0.25) is 0 Å². The Balaban J connectivity index is 0.000000238. The van der Waals surface area contributed by atoms with E-state index in [9.17, 15) is 14.4 Å². The van der Waals surface area contributed by atoms with Crippen LogP contribution >= 0.6 is 23.5 Å². The molecule has 0 unspecified atom stereocenters. The number of ether oxygens (including phenoxy) is 2. The molecule has 9 nitrogen and oxygen atoms in total. The van der Waals surface area contributed by atoms with Crippen LogP contribution in [0.3, 0.4) is 0 Å². The van der Waals surface area contributed by atoms with Crippen molar-refractivity contribution in [3.63, 3.8) is 0 Å². The van der Waals surface area contributed by atoms with E-state index in [1.807, 2.05) is 47.4 Å². The molecule has 2 heterocycles. The van der Waals surface area contributed by atoms with E-state index in [0.717, 1.165) is 73.4 Å². The minimum atomic E-state index is -0.294. The van der Waals surface area contributed by atoms with Gasteiger partial charge in [-0.25, -0.2) is 9.59 Å². The van der Waals surface area contributed by atoms with Crippen LogP contribution in [0, 0.1) is 0 Å². The zero-order valence-corrected chi connectivity index (χ0v) is 27.2. The number of likely N-dealkylation sites (tertiary alicyclic amines) is 1. The molecule has 0 saturated carbocycles. The van der Waals surface area contributed by atoms with Gasteiger partial charge in [0.25, 0.3) is 0 Å². The maximum absolute atomic E-state index is 11.7. The molecular weight excluding hydrogens is 585 g/mol. The lowest BCUT2D eigenvalue weighted by atomic mass is 10.1. The molecule has 2 fully saturated rings. The molecule has 2 aliphatic rings. The number of benzene rings is 2. The van der Waals surface area contributed by atoms with Gasteiger partial charge >= 0.3 is 11.9 Å². The van der Waals surface area contributed by atoms with Gasteiger partial charge in [-0.15, -0.1) is 23.5 Å². The van der Waals surface area contributed by atoms with Crippen LogP contribution in [-0.4, -0.2) is 99.8 Å². The molecule has 236 valence electrons. The molecule has 0 radical (unpaired) electrons. The number of thioether (sulfide) groups is 2. The van der Waals surface area contributed by atoms with E-state index >= 15 is 0 Å². The van der Waals surface area contributed by atoms with Gasteiger partial charge in [-0.2, -0.15) is 0 Å². The number of nitrogens with zero attached hydrogens (tertiary/aromatic N) is 1. The second kappa shape index (κ2) is 19.7. The summed E-state index contributed by atoms with van der Waals surface area (Å²) < 4.78 is 9.61. The molecule has 3 N–H and O–H groups in total. The van der Waals surface area contributed by atoms with Crippen LogP contribution in [0.4, 0.5) is 0 Å². The van der Waals surface area contributed by atoms with E-state index in [2.05, 4.69) is 16.0 Å². The van der Waals surface area contributed by atoms with Crippen molar-refractivity contribution in [2.24, 2.45) is 0 Å². The van der Waals surface area contributed by atoms with Gasteiger partial charge in [0.2, 0.25) is 5.91 Å². The Kier molecular flexibility index (Phi) is 16.0. The summed E-state index contributed by atoms with van der Waals surface area (Å²) in [6.07, 6.45) is 4.40. The molecule has 11 heteroatoms. The van der Waals surface area contributed by atoms with Crippen LogP contribution in [0.5, 0.6) is 0 Å². The van der Waals surface area contributed by atoms with Crippen LogP contribution in [-0.2, 0) is 14.3 Å². The van der Waals surface area contributed by atoms with Crippen molar-refractivity contribution in [1.82, 2.24) is 20.9 Å². The summed E-state index contributed by atoms with van der Waals surface area (Å²) in [5.41, 5.74) is 1.27. The van der Waals surface area contributed by atoms with E-state index in [-0.39, 0.29) is 17.8 Å². The molecule has 2 saturated heterocycles. The largest absolute Gasteiger partial charge is 0.465 e. The lowest BCUT2D eigenvalue weighted by Crippen LogP contribution is -2.44. The molecule has 2 aromatic rings. The molecule has 0 spiro atoms. The van der Waals surface area contributed by atoms with E-state index < -0.39 is 0 Å². The first kappa shape index (κ1) is 34.9. The van der Waals surface area contributed by atoms with Crippen molar-refractivity contribution in [2.45, 2.75) is 54.5 Å². The van der Waals surface area contributed by atoms with Crippen LogP contribution in [0.1, 0.15) is 53.3 Å². The second-order valence-electron chi connectivity index (χ2n) is 10.4. The molecular formula is C32H46N4O5S2. The average Bonchev–Trinajstić information content (AvgIpc) is 3.05. The number of methoxy groups -OCH3 is 2. The van der Waals surface area contributed by atoms with Crippen molar-refractivity contribution in [3.8, 4) is 0 Å². The van der Waals surface area contributed by atoms with Crippen molar-refractivity contribution >= 4 is 41.4 Å². The fraction of sp³-hybridized carbons (Fsp3) is 0.531. The second-order valence-corrected chi connectivity index (χ2v) is 12.7. The summed E-state index contributed by atoms with van der Waals surface area (Å²) in [5, 5.41) is 10.5. The van der Waals surface area contributed by atoms with Crippen molar-refractivity contribution in [2.75, 3.05) is 65.0 Å². The average molecular weight is 631 g/mol. The Morgan fingerprint density at radius 3 is 1.65 bits per heavy atom. The zero-order valence-electron chi connectivity index (χ0n) is 25.6. The number of rotatable bonds is 12. The lowest BCUT2D eigenvalue weighted by Gasteiger charge is -2.31. The summed E-state index contributed by atoms with van der Waals surface area (Å²) >= 11 is 3.36. The SMILES string of the molecule is COC(=O)c1ccccc1SCCNC1CCN(C(C)=O)CC1.COC(=O)c1ccccc1SCCNC1CCNCC1. The summed E-state index contributed by atoms with van der Waals surface area (Å²) in [7, 11) is 2.82. The van der Waals surface area contributed by atoms with Gasteiger partial charge < -0.3 is 30.3 Å².